The maximum Gasteiger partial charge on any atom is 0.238 e. The molecular formula is C15H21FN2O. The molecule has 2 N–H and O–H groups in total. The van der Waals surface area contributed by atoms with E-state index in [1.165, 1.54) is 12.1 Å². The van der Waals surface area contributed by atoms with Crippen molar-refractivity contribution >= 4 is 11.6 Å². The van der Waals surface area contributed by atoms with Crippen molar-refractivity contribution in [3.8, 4) is 0 Å². The van der Waals surface area contributed by atoms with Gasteiger partial charge in [0.1, 0.15) is 5.82 Å². The minimum absolute atomic E-state index is 0.106. The Morgan fingerprint density at radius 2 is 1.68 bits per heavy atom. The number of amides is 1. The molecule has 4 heteroatoms. The van der Waals surface area contributed by atoms with Crippen LogP contribution in [0.3, 0.4) is 0 Å². The molecule has 0 atom stereocenters. The third-order valence-corrected chi connectivity index (χ3v) is 4.62. The monoisotopic (exact) mass is 264 g/mol. The van der Waals surface area contributed by atoms with Gasteiger partial charge >= 0.3 is 0 Å². The van der Waals surface area contributed by atoms with Crippen LogP contribution in [0, 0.1) is 16.6 Å². The van der Waals surface area contributed by atoms with E-state index in [1.807, 2.05) is 0 Å². The van der Waals surface area contributed by atoms with Gasteiger partial charge in [-0.1, -0.05) is 27.7 Å². The van der Waals surface area contributed by atoms with Crippen molar-refractivity contribution in [2.75, 3.05) is 11.9 Å². The molecule has 19 heavy (non-hydrogen) atoms. The average Bonchev–Trinajstić information content (AvgIpc) is 2.70. The van der Waals surface area contributed by atoms with Gasteiger partial charge in [0.25, 0.3) is 0 Å². The van der Waals surface area contributed by atoms with Gasteiger partial charge in [-0.3, -0.25) is 4.79 Å². The van der Waals surface area contributed by atoms with Crippen molar-refractivity contribution in [2.24, 2.45) is 10.8 Å². The largest absolute Gasteiger partial charge is 0.325 e. The Labute approximate surface area is 113 Å². The van der Waals surface area contributed by atoms with E-state index >= 15 is 0 Å². The van der Waals surface area contributed by atoms with Crippen molar-refractivity contribution in [3.05, 3.63) is 30.1 Å². The van der Waals surface area contributed by atoms with E-state index in [4.69, 9.17) is 0 Å². The van der Waals surface area contributed by atoms with Crippen molar-refractivity contribution < 1.29 is 9.18 Å². The van der Waals surface area contributed by atoms with Gasteiger partial charge in [0.2, 0.25) is 5.91 Å². The molecule has 0 bridgehead atoms. The normalized spacial score (nSPS) is 20.1. The Bertz CT molecular complexity index is 465. The third-order valence-electron chi connectivity index (χ3n) is 4.62. The van der Waals surface area contributed by atoms with Crippen LogP contribution in [0.1, 0.15) is 27.7 Å². The summed E-state index contributed by atoms with van der Waals surface area (Å²) in [5.74, 6) is -0.414. The first-order valence-electron chi connectivity index (χ1n) is 6.54. The van der Waals surface area contributed by atoms with Crippen LogP contribution in [0.4, 0.5) is 10.1 Å². The van der Waals surface area contributed by atoms with E-state index in [0.29, 0.717) is 11.7 Å². The highest BCUT2D eigenvalue weighted by atomic mass is 19.1. The fraction of sp³-hybridized carbons (Fsp3) is 0.533. The predicted octanol–water partition coefficient (Wildman–Crippen LogP) is 2.79. The minimum atomic E-state index is -0.308. The Hall–Kier alpha value is -1.42. The second-order valence-corrected chi connectivity index (χ2v) is 6.31. The SMILES string of the molecule is CC1(C)C(NCC(=O)Nc2ccc(F)cc2)C1(C)C. The quantitative estimate of drug-likeness (QED) is 0.878. The highest BCUT2D eigenvalue weighted by molar-refractivity contribution is 5.92. The van der Waals surface area contributed by atoms with Crippen LogP contribution < -0.4 is 10.6 Å². The molecule has 1 saturated carbocycles. The molecule has 0 heterocycles. The van der Waals surface area contributed by atoms with E-state index in [-0.39, 0.29) is 29.1 Å². The van der Waals surface area contributed by atoms with Gasteiger partial charge in [0, 0.05) is 11.7 Å². The first-order chi connectivity index (χ1) is 8.75. The average molecular weight is 264 g/mol. The van der Waals surface area contributed by atoms with Gasteiger partial charge in [-0.25, -0.2) is 4.39 Å². The number of anilines is 1. The summed E-state index contributed by atoms with van der Waals surface area (Å²) in [7, 11) is 0. The molecule has 0 unspecified atom stereocenters. The van der Waals surface area contributed by atoms with Crippen LogP contribution in [0.25, 0.3) is 0 Å². The van der Waals surface area contributed by atoms with Gasteiger partial charge in [-0.05, 0) is 35.1 Å². The molecule has 0 aliphatic heterocycles. The number of hydrogen-bond donors (Lipinski definition) is 2. The number of halogens is 1. The lowest BCUT2D eigenvalue weighted by molar-refractivity contribution is -0.115. The van der Waals surface area contributed by atoms with Crippen LogP contribution in [-0.2, 0) is 4.79 Å². The fourth-order valence-electron chi connectivity index (χ4n) is 2.64. The number of hydrogen-bond acceptors (Lipinski definition) is 2. The molecule has 1 amide bonds. The second-order valence-electron chi connectivity index (χ2n) is 6.31. The van der Waals surface area contributed by atoms with Crippen molar-refractivity contribution in [3.63, 3.8) is 0 Å². The first kappa shape index (κ1) is 14.0. The Morgan fingerprint density at radius 3 is 2.16 bits per heavy atom. The van der Waals surface area contributed by atoms with E-state index in [9.17, 15) is 9.18 Å². The lowest BCUT2D eigenvalue weighted by Gasteiger charge is -2.08. The van der Waals surface area contributed by atoms with Crippen LogP contribution in [0.5, 0.6) is 0 Å². The molecule has 1 aliphatic rings. The van der Waals surface area contributed by atoms with E-state index in [0.717, 1.165) is 0 Å². The Balaban J connectivity index is 1.82. The number of benzene rings is 1. The first-order valence-corrected chi connectivity index (χ1v) is 6.54. The van der Waals surface area contributed by atoms with Crippen LogP contribution in [-0.4, -0.2) is 18.5 Å². The molecule has 3 nitrogen and oxygen atoms in total. The van der Waals surface area contributed by atoms with Crippen LogP contribution in [0.2, 0.25) is 0 Å². The molecule has 104 valence electrons. The number of carbonyl (C=O) groups is 1. The zero-order valence-corrected chi connectivity index (χ0v) is 11.9. The summed E-state index contributed by atoms with van der Waals surface area (Å²) < 4.78 is 12.7. The number of rotatable bonds is 4. The summed E-state index contributed by atoms with van der Waals surface area (Å²) in [6.45, 7) is 9.06. The van der Waals surface area contributed by atoms with Gasteiger partial charge in [-0.2, -0.15) is 0 Å². The molecule has 1 aromatic rings. The lowest BCUT2D eigenvalue weighted by Crippen LogP contribution is -2.32. The molecule has 0 saturated heterocycles. The summed E-state index contributed by atoms with van der Waals surface area (Å²) in [5.41, 5.74) is 1.04. The molecule has 0 spiro atoms. The fourth-order valence-corrected chi connectivity index (χ4v) is 2.64. The molecule has 2 rings (SSSR count). The maximum atomic E-state index is 12.7. The zero-order valence-electron chi connectivity index (χ0n) is 11.9. The molecule has 1 aromatic carbocycles. The standard InChI is InChI=1S/C15H21FN2O/c1-14(2)13(15(14,3)4)17-9-12(19)18-11-7-5-10(16)6-8-11/h5-8,13,17H,9H2,1-4H3,(H,18,19). The second kappa shape index (κ2) is 4.60. The Kier molecular flexibility index (Phi) is 3.39. The highest BCUT2D eigenvalue weighted by Crippen LogP contribution is 2.62. The Morgan fingerprint density at radius 1 is 1.16 bits per heavy atom. The van der Waals surface area contributed by atoms with Crippen LogP contribution in [0.15, 0.2) is 24.3 Å². The summed E-state index contributed by atoms with van der Waals surface area (Å²) >= 11 is 0. The summed E-state index contributed by atoms with van der Waals surface area (Å²) in [6, 6.07) is 6.11. The van der Waals surface area contributed by atoms with Gasteiger partial charge in [-0.15, -0.1) is 0 Å². The van der Waals surface area contributed by atoms with Gasteiger partial charge in [0.15, 0.2) is 0 Å². The lowest BCUT2D eigenvalue weighted by atomic mass is 10.0. The molecule has 1 fully saturated rings. The van der Waals surface area contributed by atoms with E-state index < -0.39 is 0 Å². The minimum Gasteiger partial charge on any atom is -0.325 e. The van der Waals surface area contributed by atoms with Gasteiger partial charge < -0.3 is 10.6 Å². The zero-order chi connectivity index (χ0) is 14.3. The van der Waals surface area contributed by atoms with Crippen molar-refractivity contribution in [2.45, 2.75) is 33.7 Å². The molecule has 1 aliphatic carbocycles. The van der Waals surface area contributed by atoms with E-state index in [1.54, 1.807) is 12.1 Å². The smallest absolute Gasteiger partial charge is 0.238 e. The summed E-state index contributed by atoms with van der Waals surface area (Å²) in [5, 5.41) is 6.02. The number of nitrogens with one attached hydrogen (secondary N) is 2. The highest BCUT2D eigenvalue weighted by Gasteiger charge is 2.64. The summed E-state index contributed by atoms with van der Waals surface area (Å²) in [4.78, 5) is 11.8. The van der Waals surface area contributed by atoms with Gasteiger partial charge in [0.05, 0.1) is 6.54 Å². The van der Waals surface area contributed by atoms with E-state index in [2.05, 4.69) is 38.3 Å². The third kappa shape index (κ3) is 2.63. The molecule has 0 aromatic heterocycles. The van der Waals surface area contributed by atoms with Crippen molar-refractivity contribution in [1.82, 2.24) is 5.32 Å². The predicted molar refractivity (Wildman–Crippen MR) is 74.4 cm³/mol. The summed E-state index contributed by atoms with van der Waals surface area (Å²) in [6.07, 6.45) is 0. The van der Waals surface area contributed by atoms with Crippen LogP contribution >= 0.6 is 0 Å². The molecular weight excluding hydrogens is 243 g/mol. The molecule has 0 radical (unpaired) electrons. The topological polar surface area (TPSA) is 41.1 Å². The maximum absolute atomic E-state index is 12.7. The number of carbonyl (C=O) groups excluding carboxylic acids is 1. The van der Waals surface area contributed by atoms with Crippen molar-refractivity contribution in [1.29, 1.82) is 0 Å².